The van der Waals surface area contributed by atoms with E-state index in [1.54, 1.807) is 13.8 Å². The van der Waals surface area contributed by atoms with E-state index in [9.17, 15) is 8.42 Å². The predicted molar refractivity (Wildman–Crippen MR) is 112 cm³/mol. The summed E-state index contributed by atoms with van der Waals surface area (Å²) in [7, 11) is -3.72. The van der Waals surface area contributed by atoms with Gasteiger partial charge in [-0.25, -0.2) is 8.42 Å². The summed E-state index contributed by atoms with van der Waals surface area (Å²) in [5.74, 6) is 0.703. The Morgan fingerprint density at radius 3 is 2.33 bits per heavy atom. The first-order valence-electron chi connectivity index (χ1n) is 8.06. The van der Waals surface area contributed by atoms with Crippen molar-refractivity contribution < 1.29 is 8.42 Å². The number of nitrogens with zero attached hydrogens (tertiary/aromatic N) is 2. The molecule has 0 unspecified atom stereocenters. The van der Waals surface area contributed by atoms with Gasteiger partial charge in [-0.2, -0.15) is 0 Å². The fourth-order valence-corrected chi connectivity index (χ4v) is 6.31. The highest BCUT2D eigenvalue weighted by molar-refractivity contribution is 8.00. The summed E-state index contributed by atoms with van der Waals surface area (Å²) >= 11 is 8.60. The Kier molecular flexibility index (Phi) is 6.10. The van der Waals surface area contributed by atoms with Gasteiger partial charge in [0.2, 0.25) is 5.13 Å². The lowest BCUT2D eigenvalue weighted by atomic mass is 10.1. The standard InChI is InChI=1S/C18H18ClN3O2S3/c1-11-8-12(2)16(13(3)9-11)27(23,24)22-17-20-21-18(26-17)25-10-14-4-6-15(19)7-5-14/h4-9H,10H2,1-3H3,(H,20,22). The molecule has 0 saturated heterocycles. The second-order valence-electron chi connectivity index (χ2n) is 6.12. The zero-order chi connectivity index (χ0) is 19.6. The molecule has 0 aliphatic carbocycles. The monoisotopic (exact) mass is 439 g/mol. The number of aromatic nitrogens is 2. The van der Waals surface area contributed by atoms with Gasteiger partial charge in [0.05, 0.1) is 4.90 Å². The van der Waals surface area contributed by atoms with E-state index in [1.807, 2.05) is 43.3 Å². The Hall–Kier alpha value is -1.61. The highest BCUT2D eigenvalue weighted by atomic mass is 35.5. The molecule has 0 bridgehead atoms. The average molecular weight is 440 g/mol. The van der Waals surface area contributed by atoms with Gasteiger partial charge >= 0.3 is 0 Å². The van der Waals surface area contributed by atoms with E-state index in [2.05, 4.69) is 14.9 Å². The molecule has 3 aromatic rings. The summed E-state index contributed by atoms with van der Waals surface area (Å²) in [6.07, 6.45) is 0. The van der Waals surface area contributed by atoms with Crippen LogP contribution in [-0.2, 0) is 15.8 Å². The number of thioether (sulfide) groups is 1. The Labute approximate surface area is 172 Å². The van der Waals surface area contributed by atoms with E-state index < -0.39 is 10.0 Å². The van der Waals surface area contributed by atoms with E-state index in [1.165, 1.54) is 23.1 Å². The number of rotatable bonds is 6. The Morgan fingerprint density at radius 1 is 1.07 bits per heavy atom. The molecule has 2 aromatic carbocycles. The molecule has 9 heteroatoms. The molecule has 1 N–H and O–H groups in total. The van der Waals surface area contributed by atoms with Crippen molar-refractivity contribution in [3.63, 3.8) is 0 Å². The maximum atomic E-state index is 12.8. The van der Waals surface area contributed by atoms with Crippen molar-refractivity contribution >= 4 is 49.9 Å². The van der Waals surface area contributed by atoms with E-state index in [0.29, 0.717) is 31.1 Å². The Balaban J connectivity index is 1.72. The molecule has 0 saturated carbocycles. The van der Waals surface area contributed by atoms with Crippen LogP contribution in [0.5, 0.6) is 0 Å². The van der Waals surface area contributed by atoms with Gasteiger partial charge in [0.15, 0.2) is 4.34 Å². The van der Waals surface area contributed by atoms with Crippen LogP contribution in [0.2, 0.25) is 5.02 Å². The number of benzene rings is 2. The van der Waals surface area contributed by atoms with Gasteiger partial charge in [-0.3, -0.25) is 4.72 Å². The molecule has 1 aromatic heterocycles. The molecule has 0 spiro atoms. The van der Waals surface area contributed by atoms with E-state index >= 15 is 0 Å². The van der Waals surface area contributed by atoms with Crippen LogP contribution in [0, 0.1) is 20.8 Å². The lowest BCUT2D eigenvalue weighted by Gasteiger charge is -2.12. The van der Waals surface area contributed by atoms with Crippen LogP contribution in [0.4, 0.5) is 5.13 Å². The third-order valence-electron chi connectivity index (χ3n) is 3.78. The first-order valence-corrected chi connectivity index (χ1v) is 11.7. The molecule has 3 rings (SSSR count). The number of hydrogen-bond acceptors (Lipinski definition) is 6. The molecule has 27 heavy (non-hydrogen) atoms. The summed E-state index contributed by atoms with van der Waals surface area (Å²) in [6.45, 7) is 5.53. The Bertz CT molecular complexity index is 1040. The second-order valence-corrected chi connectivity index (χ2v) is 10.4. The minimum absolute atomic E-state index is 0.257. The third kappa shape index (κ3) is 5.01. The van der Waals surface area contributed by atoms with Crippen LogP contribution in [0.15, 0.2) is 45.6 Å². The van der Waals surface area contributed by atoms with Gasteiger partial charge in [0.1, 0.15) is 0 Å². The maximum absolute atomic E-state index is 12.8. The SMILES string of the molecule is Cc1cc(C)c(S(=O)(=O)Nc2nnc(SCc3ccc(Cl)cc3)s2)c(C)c1. The van der Waals surface area contributed by atoms with Crippen molar-refractivity contribution in [2.24, 2.45) is 0 Å². The van der Waals surface area contributed by atoms with Crippen molar-refractivity contribution in [3.05, 3.63) is 63.7 Å². The summed E-state index contributed by atoms with van der Waals surface area (Å²) in [5.41, 5.74) is 3.55. The summed E-state index contributed by atoms with van der Waals surface area (Å²) in [5, 5.41) is 8.98. The first kappa shape index (κ1) is 20.1. The van der Waals surface area contributed by atoms with E-state index in [4.69, 9.17) is 11.6 Å². The molecule has 142 valence electrons. The second kappa shape index (κ2) is 8.18. The number of aryl methyl sites for hydroxylation is 3. The number of hydrogen-bond donors (Lipinski definition) is 1. The van der Waals surface area contributed by atoms with Crippen molar-refractivity contribution in [3.8, 4) is 0 Å². The van der Waals surface area contributed by atoms with Gasteiger partial charge < -0.3 is 0 Å². The first-order chi connectivity index (χ1) is 12.7. The zero-order valence-corrected chi connectivity index (χ0v) is 18.2. The van der Waals surface area contributed by atoms with Crippen LogP contribution >= 0.6 is 34.7 Å². The molecule has 5 nitrogen and oxygen atoms in total. The number of anilines is 1. The third-order valence-corrected chi connectivity index (χ3v) is 7.84. The van der Waals surface area contributed by atoms with Gasteiger partial charge in [-0.05, 0) is 49.6 Å². The largest absolute Gasteiger partial charge is 0.264 e. The molecule has 0 atom stereocenters. The molecule has 0 amide bonds. The predicted octanol–water partition coefficient (Wildman–Crippen LogP) is 5.21. The summed E-state index contributed by atoms with van der Waals surface area (Å²) < 4.78 is 28.8. The van der Waals surface area contributed by atoms with Crippen LogP contribution < -0.4 is 4.72 Å². The minimum atomic E-state index is -3.72. The van der Waals surface area contributed by atoms with E-state index in [0.717, 1.165) is 11.1 Å². The topological polar surface area (TPSA) is 72.0 Å². The van der Waals surface area contributed by atoms with Crippen molar-refractivity contribution in [2.45, 2.75) is 35.8 Å². The smallest absolute Gasteiger partial charge is 0.253 e. The average Bonchev–Trinajstić information content (AvgIpc) is 2.99. The molecule has 0 fully saturated rings. The molecule has 0 aliphatic heterocycles. The zero-order valence-electron chi connectivity index (χ0n) is 15.0. The molecular formula is C18H18ClN3O2S3. The van der Waals surface area contributed by atoms with Crippen LogP contribution in [-0.4, -0.2) is 18.6 Å². The maximum Gasteiger partial charge on any atom is 0.264 e. The highest BCUT2D eigenvalue weighted by Crippen LogP contribution is 2.31. The van der Waals surface area contributed by atoms with Crippen LogP contribution in [0.3, 0.4) is 0 Å². The number of nitrogens with one attached hydrogen (secondary N) is 1. The highest BCUT2D eigenvalue weighted by Gasteiger charge is 2.21. The van der Waals surface area contributed by atoms with Gasteiger partial charge in [-0.1, -0.05) is 64.5 Å². The Morgan fingerprint density at radius 2 is 1.70 bits per heavy atom. The lowest BCUT2D eigenvalue weighted by molar-refractivity contribution is 0.600. The van der Waals surface area contributed by atoms with Gasteiger partial charge in [0, 0.05) is 10.8 Å². The van der Waals surface area contributed by atoms with E-state index in [-0.39, 0.29) is 5.13 Å². The molecule has 0 radical (unpaired) electrons. The van der Waals surface area contributed by atoms with Crippen molar-refractivity contribution in [2.75, 3.05) is 4.72 Å². The van der Waals surface area contributed by atoms with Gasteiger partial charge in [0.25, 0.3) is 10.0 Å². The molecule has 0 aliphatic rings. The van der Waals surface area contributed by atoms with Crippen LogP contribution in [0.1, 0.15) is 22.3 Å². The lowest BCUT2D eigenvalue weighted by Crippen LogP contribution is -2.15. The van der Waals surface area contributed by atoms with Crippen LogP contribution in [0.25, 0.3) is 0 Å². The molecule has 1 heterocycles. The van der Waals surface area contributed by atoms with Crippen molar-refractivity contribution in [1.29, 1.82) is 0 Å². The number of sulfonamides is 1. The normalized spacial score (nSPS) is 11.6. The fourth-order valence-electron chi connectivity index (χ4n) is 2.79. The minimum Gasteiger partial charge on any atom is -0.253 e. The summed E-state index contributed by atoms with van der Waals surface area (Å²) in [6, 6.07) is 11.3. The van der Waals surface area contributed by atoms with Crippen molar-refractivity contribution in [1.82, 2.24) is 10.2 Å². The molecular weight excluding hydrogens is 422 g/mol. The fraction of sp³-hybridized carbons (Fsp3) is 0.222. The summed E-state index contributed by atoms with van der Waals surface area (Å²) in [4.78, 5) is 0.290. The van der Waals surface area contributed by atoms with Gasteiger partial charge in [-0.15, -0.1) is 10.2 Å². The number of halogens is 1. The quantitative estimate of drug-likeness (QED) is 0.533.